The molecule has 7 heteroatoms. The average molecular weight is 301 g/mol. The second kappa shape index (κ2) is 5.31. The highest BCUT2D eigenvalue weighted by Gasteiger charge is 2.35. The van der Waals surface area contributed by atoms with Crippen LogP contribution in [0.3, 0.4) is 0 Å². The van der Waals surface area contributed by atoms with Gasteiger partial charge >= 0.3 is 0 Å². The number of nitrogens with two attached hydrogens (primary N) is 1. The molecule has 1 aromatic carbocycles. The molecule has 0 radical (unpaired) electrons. The van der Waals surface area contributed by atoms with Gasteiger partial charge in [0.2, 0.25) is 10.0 Å². The van der Waals surface area contributed by atoms with Crippen LogP contribution < -0.4 is 5.73 Å². The first-order valence-corrected chi connectivity index (χ1v) is 7.94. The zero-order valence-electron chi connectivity index (χ0n) is 11.9. The summed E-state index contributed by atoms with van der Waals surface area (Å²) in [5.41, 5.74) is 5.81. The first-order chi connectivity index (χ1) is 9.23. The van der Waals surface area contributed by atoms with Crippen LogP contribution in [-0.4, -0.2) is 49.8 Å². The Balaban J connectivity index is 2.38. The lowest BCUT2D eigenvalue weighted by Gasteiger charge is -2.41. The van der Waals surface area contributed by atoms with Crippen LogP contribution in [0.4, 0.5) is 10.1 Å². The van der Waals surface area contributed by atoms with E-state index in [1.54, 1.807) is 0 Å². The van der Waals surface area contributed by atoms with E-state index in [1.165, 1.54) is 16.4 Å². The number of hydrogen-bond donors (Lipinski definition) is 1. The zero-order chi connectivity index (χ0) is 15.1. The molecule has 1 heterocycles. The molecule has 112 valence electrons. The Morgan fingerprint density at radius 2 is 1.80 bits per heavy atom. The fourth-order valence-corrected chi connectivity index (χ4v) is 4.11. The maximum absolute atomic E-state index is 13.8. The highest BCUT2D eigenvalue weighted by Crippen LogP contribution is 2.25. The second-order valence-corrected chi connectivity index (χ2v) is 7.28. The number of halogens is 1. The Labute approximate surface area is 119 Å². The molecule has 0 aliphatic carbocycles. The fraction of sp³-hybridized carbons (Fsp3) is 0.538. The van der Waals surface area contributed by atoms with Crippen molar-refractivity contribution in [1.29, 1.82) is 0 Å². The summed E-state index contributed by atoms with van der Waals surface area (Å²) in [7, 11) is -1.89. The van der Waals surface area contributed by atoms with Crippen LogP contribution in [-0.2, 0) is 10.0 Å². The molecular formula is C13H20FN3O2S. The molecule has 2 unspecified atom stereocenters. The molecule has 1 aliphatic rings. The lowest BCUT2D eigenvalue weighted by atomic mass is 10.1. The van der Waals surface area contributed by atoms with E-state index in [9.17, 15) is 12.8 Å². The van der Waals surface area contributed by atoms with Gasteiger partial charge in [-0.2, -0.15) is 4.31 Å². The highest BCUT2D eigenvalue weighted by atomic mass is 32.2. The lowest BCUT2D eigenvalue weighted by molar-refractivity contribution is 0.105. The predicted octanol–water partition coefficient (Wildman–Crippen LogP) is 1.12. The highest BCUT2D eigenvalue weighted by molar-refractivity contribution is 7.89. The minimum Gasteiger partial charge on any atom is -0.399 e. The smallest absolute Gasteiger partial charge is 0.246 e. The molecule has 5 nitrogen and oxygen atoms in total. The van der Waals surface area contributed by atoms with Crippen molar-refractivity contribution in [2.24, 2.45) is 0 Å². The van der Waals surface area contributed by atoms with Gasteiger partial charge in [0, 0.05) is 30.9 Å². The van der Waals surface area contributed by atoms with Crippen molar-refractivity contribution >= 4 is 15.7 Å². The minimum absolute atomic E-state index is 0.0812. The van der Waals surface area contributed by atoms with Gasteiger partial charge in [-0.15, -0.1) is 0 Å². The van der Waals surface area contributed by atoms with Crippen molar-refractivity contribution in [3.63, 3.8) is 0 Å². The van der Waals surface area contributed by atoms with E-state index >= 15 is 0 Å². The van der Waals surface area contributed by atoms with E-state index in [0.29, 0.717) is 13.1 Å². The Bertz CT molecular complexity index is 594. The van der Waals surface area contributed by atoms with Gasteiger partial charge in [0.1, 0.15) is 10.7 Å². The summed E-state index contributed by atoms with van der Waals surface area (Å²) in [6, 6.07) is 3.78. The second-order valence-electron chi connectivity index (χ2n) is 5.38. The first kappa shape index (κ1) is 15.2. The maximum Gasteiger partial charge on any atom is 0.246 e. The minimum atomic E-state index is -3.85. The third kappa shape index (κ3) is 2.65. The van der Waals surface area contributed by atoms with Crippen LogP contribution in [0.2, 0.25) is 0 Å². The van der Waals surface area contributed by atoms with Crippen LogP contribution in [0.5, 0.6) is 0 Å². The Morgan fingerprint density at radius 1 is 1.25 bits per heavy atom. The number of rotatable bonds is 2. The molecule has 2 rings (SSSR count). The topological polar surface area (TPSA) is 66.6 Å². The zero-order valence-corrected chi connectivity index (χ0v) is 12.7. The monoisotopic (exact) mass is 301 g/mol. The SMILES string of the molecule is CC1CN(S(=O)(=O)c2cc(N)ccc2F)CC(C)N1C. The van der Waals surface area contributed by atoms with Crippen molar-refractivity contribution in [1.82, 2.24) is 9.21 Å². The quantitative estimate of drug-likeness (QED) is 0.831. The molecule has 1 fully saturated rings. The first-order valence-electron chi connectivity index (χ1n) is 6.50. The Kier molecular flexibility index (Phi) is 4.04. The number of benzene rings is 1. The summed E-state index contributed by atoms with van der Waals surface area (Å²) in [5.74, 6) is -0.765. The summed E-state index contributed by atoms with van der Waals surface area (Å²) >= 11 is 0. The van der Waals surface area contributed by atoms with E-state index in [0.717, 1.165) is 6.07 Å². The number of sulfonamides is 1. The number of anilines is 1. The van der Waals surface area contributed by atoms with E-state index in [-0.39, 0.29) is 22.7 Å². The van der Waals surface area contributed by atoms with Gasteiger partial charge in [0.15, 0.2) is 0 Å². The van der Waals surface area contributed by atoms with Gasteiger partial charge < -0.3 is 5.73 Å². The van der Waals surface area contributed by atoms with Gasteiger partial charge in [-0.05, 0) is 39.1 Å². The van der Waals surface area contributed by atoms with Crippen molar-refractivity contribution in [2.45, 2.75) is 30.8 Å². The van der Waals surface area contributed by atoms with Crippen molar-refractivity contribution in [3.05, 3.63) is 24.0 Å². The lowest BCUT2D eigenvalue weighted by Crippen LogP contribution is -2.56. The van der Waals surface area contributed by atoms with Crippen molar-refractivity contribution in [2.75, 3.05) is 25.9 Å². The number of likely N-dealkylation sites (N-methyl/N-ethyl adjacent to an activating group) is 1. The van der Waals surface area contributed by atoms with Gasteiger partial charge in [0.25, 0.3) is 0 Å². The van der Waals surface area contributed by atoms with Crippen molar-refractivity contribution in [3.8, 4) is 0 Å². The van der Waals surface area contributed by atoms with E-state index in [2.05, 4.69) is 4.90 Å². The van der Waals surface area contributed by atoms with Crippen LogP contribution >= 0.6 is 0 Å². The standard InChI is InChI=1S/C13H20FN3O2S/c1-9-7-17(8-10(2)16(9)3)20(18,19)13-6-11(15)4-5-12(13)14/h4-6,9-10H,7-8,15H2,1-3H3. The third-order valence-corrected chi connectivity index (χ3v) is 5.75. The van der Waals surface area contributed by atoms with E-state index in [1.807, 2.05) is 20.9 Å². The van der Waals surface area contributed by atoms with Crippen LogP contribution in [0.15, 0.2) is 23.1 Å². The van der Waals surface area contributed by atoms with Crippen LogP contribution in [0.25, 0.3) is 0 Å². The summed E-state index contributed by atoms with van der Waals surface area (Å²) in [6.07, 6.45) is 0. The van der Waals surface area contributed by atoms with Gasteiger partial charge in [0.05, 0.1) is 0 Å². The van der Waals surface area contributed by atoms with Gasteiger partial charge in [-0.25, -0.2) is 12.8 Å². The largest absolute Gasteiger partial charge is 0.399 e. The molecule has 1 aromatic rings. The molecule has 1 aliphatic heterocycles. The average Bonchev–Trinajstić information content (AvgIpc) is 2.38. The molecule has 2 atom stereocenters. The number of piperazine rings is 1. The number of hydrogen-bond acceptors (Lipinski definition) is 4. The van der Waals surface area contributed by atoms with Gasteiger partial charge in [-0.3, -0.25) is 4.90 Å². The normalized spacial score (nSPS) is 25.8. The fourth-order valence-electron chi connectivity index (χ4n) is 2.41. The number of nitrogens with zero attached hydrogens (tertiary/aromatic N) is 2. The molecule has 0 aromatic heterocycles. The van der Waals surface area contributed by atoms with Crippen LogP contribution in [0.1, 0.15) is 13.8 Å². The molecule has 2 N–H and O–H groups in total. The summed E-state index contributed by atoms with van der Waals surface area (Å²) < 4.78 is 40.3. The van der Waals surface area contributed by atoms with E-state index in [4.69, 9.17) is 5.73 Å². The molecule has 20 heavy (non-hydrogen) atoms. The molecule has 0 saturated carbocycles. The molecule has 0 amide bonds. The molecular weight excluding hydrogens is 281 g/mol. The van der Waals surface area contributed by atoms with E-state index < -0.39 is 15.8 Å². The Hall–Kier alpha value is -1.18. The van der Waals surface area contributed by atoms with Crippen molar-refractivity contribution < 1.29 is 12.8 Å². The Morgan fingerprint density at radius 3 is 2.35 bits per heavy atom. The van der Waals surface area contributed by atoms with Crippen LogP contribution in [0, 0.1) is 5.82 Å². The molecule has 0 bridgehead atoms. The van der Waals surface area contributed by atoms with Gasteiger partial charge in [-0.1, -0.05) is 0 Å². The summed E-state index contributed by atoms with van der Waals surface area (Å²) in [4.78, 5) is 1.77. The predicted molar refractivity (Wildman–Crippen MR) is 76.3 cm³/mol. The summed E-state index contributed by atoms with van der Waals surface area (Å²) in [6.45, 7) is 4.59. The molecule has 1 saturated heterocycles. The summed E-state index contributed by atoms with van der Waals surface area (Å²) in [5, 5.41) is 0. The molecule has 0 spiro atoms. The third-order valence-electron chi connectivity index (χ3n) is 3.90. The maximum atomic E-state index is 13.8. The number of nitrogen functional groups attached to an aromatic ring is 1.